The first-order valence-corrected chi connectivity index (χ1v) is 6.70. The molecule has 2 aromatic heterocycles. The molecule has 0 aromatic carbocycles. The third-order valence-electron chi connectivity index (χ3n) is 3.12. The van der Waals surface area contributed by atoms with Crippen LogP contribution in [0.4, 0.5) is 0 Å². The van der Waals surface area contributed by atoms with Gasteiger partial charge in [-0.3, -0.25) is 9.48 Å². The first kappa shape index (κ1) is 13.9. The molecule has 19 heavy (non-hydrogen) atoms. The van der Waals surface area contributed by atoms with Crippen molar-refractivity contribution in [3.63, 3.8) is 0 Å². The third-order valence-corrected chi connectivity index (χ3v) is 3.36. The molecule has 0 spiro atoms. The molecule has 0 N–H and O–H groups in total. The molecule has 104 valence electrons. The van der Waals surface area contributed by atoms with Gasteiger partial charge in [0.05, 0.1) is 11.6 Å². The molecule has 0 aliphatic carbocycles. The van der Waals surface area contributed by atoms with Crippen LogP contribution in [0, 0.1) is 0 Å². The van der Waals surface area contributed by atoms with E-state index < -0.39 is 0 Å². The average molecular weight is 284 g/mol. The maximum absolute atomic E-state index is 11.9. The van der Waals surface area contributed by atoms with E-state index in [2.05, 4.69) is 10.1 Å². The molecule has 1 amide bonds. The number of aryl methyl sites for hydroxylation is 2. The van der Waals surface area contributed by atoms with Gasteiger partial charge in [-0.05, 0) is 6.42 Å². The lowest BCUT2D eigenvalue weighted by Crippen LogP contribution is -2.27. The molecule has 0 unspecified atom stereocenters. The predicted octanol–water partition coefficient (Wildman–Crippen LogP) is 1.16. The van der Waals surface area contributed by atoms with Gasteiger partial charge in [0.2, 0.25) is 5.91 Å². The van der Waals surface area contributed by atoms with E-state index in [1.165, 1.54) is 0 Å². The fourth-order valence-corrected chi connectivity index (χ4v) is 2.27. The Balaban J connectivity index is 2.57. The van der Waals surface area contributed by atoms with Crippen LogP contribution < -0.4 is 0 Å². The second kappa shape index (κ2) is 5.21. The molecule has 2 heterocycles. The summed E-state index contributed by atoms with van der Waals surface area (Å²) in [5.41, 5.74) is 2.62. The maximum Gasteiger partial charge on any atom is 0.242 e. The number of hydrogen-bond donors (Lipinski definition) is 0. The lowest BCUT2D eigenvalue weighted by atomic mass is 10.3. The van der Waals surface area contributed by atoms with Crippen molar-refractivity contribution in [2.75, 3.05) is 14.1 Å². The summed E-state index contributed by atoms with van der Waals surface area (Å²) in [6.07, 6.45) is 0.803. The summed E-state index contributed by atoms with van der Waals surface area (Å²) in [5.74, 6) is 0.984. The number of nitrogens with zero attached hydrogens (tertiary/aromatic N) is 5. The first-order chi connectivity index (χ1) is 8.99. The van der Waals surface area contributed by atoms with E-state index in [4.69, 9.17) is 11.6 Å². The number of rotatable bonds is 4. The van der Waals surface area contributed by atoms with Gasteiger partial charge in [0.1, 0.15) is 17.9 Å². The van der Waals surface area contributed by atoms with Crippen LogP contribution >= 0.6 is 11.6 Å². The van der Waals surface area contributed by atoms with Crippen LogP contribution in [0.5, 0.6) is 0 Å². The van der Waals surface area contributed by atoms with Crippen molar-refractivity contribution in [1.29, 1.82) is 0 Å². The smallest absolute Gasteiger partial charge is 0.242 e. The van der Waals surface area contributed by atoms with Crippen LogP contribution in [0.1, 0.15) is 18.4 Å². The fourth-order valence-electron chi connectivity index (χ4n) is 2.07. The standard InChI is InChI=1S/C12H18ClN5O/c1-5-8-11-12(17(4)15-8)18(9(6-13)14-11)7-10(19)16(2)3/h5-7H2,1-4H3. The third kappa shape index (κ3) is 2.32. The Morgan fingerprint density at radius 1 is 1.42 bits per heavy atom. The SMILES string of the molecule is CCc1nn(C)c2c1nc(CCl)n2CC(=O)N(C)C. The fraction of sp³-hybridized carbons (Fsp3) is 0.583. The number of imidazole rings is 1. The maximum atomic E-state index is 11.9. The molecule has 0 fully saturated rings. The normalized spacial score (nSPS) is 11.2. The number of halogens is 1. The molecule has 6 nitrogen and oxygen atoms in total. The Morgan fingerprint density at radius 2 is 2.11 bits per heavy atom. The first-order valence-electron chi connectivity index (χ1n) is 6.16. The second-order valence-electron chi connectivity index (χ2n) is 4.63. The van der Waals surface area contributed by atoms with Gasteiger partial charge < -0.3 is 9.47 Å². The van der Waals surface area contributed by atoms with Gasteiger partial charge in [-0.1, -0.05) is 6.92 Å². The van der Waals surface area contributed by atoms with Crippen LogP contribution in [0.25, 0.3) is 11.2 Å². The Morgan fingerprint density at radius 3 is 2.63 bits per heavy atom. The highest BCUT2D eigenvalue weighted by Gasteiger charge is 2.20. The second-order valence-corrected chi connectivity index (χ2v) is 4.90. The molecule has 7 heteroatoms. The van der Waals surface area contributed by atoms with Gasteiger partial charge in [-0.2, -0.15) is 5.10 Å². The number of carbonyl (C=O) groups excluding carboxylic acids is 1. The molecule has 2 aromatic rings. The zero-order valence-corrected chi connectivity index (χ0v) is 12.4. The molecular weight excluding hydrogens is 266 g/mol. The van der Waals surface area contributed by atoms with Crippen LogP contribution in [0.3, 0.4) is 0 Å². The Hall–Kier alpha value is -1.56. The minimum atomic E-state index is 0.00455. The van der Waals surface area contributed by atoms with Crippen LogP contribution in [-0.4, -0.2) is 44.2 Å². The monoisotopic (exact) mass is 283 g/mol. The highest BCUT2D eigenvalue weighted by atomic mass is 35.5. The number of likely N-dealkylation sites (N-methyl/N-ethyl adjacent to an activating group) is 1. The Kier molecular flexibility index (Phi) is 3.80. The molecule has 0 bridgehead atoms. The van der Waals surface area contributed by atoms with Gasteiger partial charge in [-0.15, -0.1) is 11.6 Å². The quantitative estimate of drug-likeness (QED) is 0.791. The topological polar surface area (TPSA) is 56.0 Å². The molecule has 0 saturated heterocycles. The average Bonchev–Trinajstić information content (AvgIpc) is 2.88. The van der Waals surface area contributed by atoms with Gasteiger partial charge in [0, 0.05) is 21.1 Å². The van der Waals surface area contributed by atoms with E-state index in [-0.39, 0.29) is 18.3 Å². The van der Waals surface area contributed by atoms with Crippen molar-refractivity contribution in [1.82, 2.24) is 24.2 Å². The van der Waals surface area contributed by atoms with Gasteiger partial charge >= 0.3 is 0 Å². The lowest BCUT2D eigenvalue weighted by molar-refractivity contribution is -0.129. The summed E-state index contributed by atoms with van der Waals surface area (Å²) < 4.78 is 3.61. The van der Waals surface area contributed by atoms with Crippen LogP contribution in [-0.2, 0) is 30.7 Å². The summed E-state index contributed by atoms with van der Waals surface area (Å²) in [7, 11) is 5.33. The van der Waals surface area contributed by atoms with Crippen molar-refractivity contribution >= 4 is 28.7 Å². The Bertz CT molecular complexity index is 613. The minimum Gasteiger partial charge on any atom is -0.347 e. The Labute approximate surface area is 117 Å². The highest BCUT2D eigenvalue weighted by molar-refractivity contribution is 6.16. The number of carbonyl (C=O) groups is 1. The molecule has 0 saturated carbocycles. The number of amides is 1. The molecule has 0 aliphatic heterocycles. The molecular formula is C12H18ClN5O. The van der Waals surface area contributed by atoms with Crippen molar-refractivity contribution in [3.05, 3.63) is 11.5 Å². The van der Waals surface area contributed by atoms with E-state index in [1.54, 1.807) is 23.7 Å². The van der Waals surface area contributed by atoms with Gasteiger partial charge in [-0.25, -0.2) is 4.98 Å². The molecule has 0 radical (unpaired) electrons. The van der Waals surface area contributed by atoms with Crippen LogP contribution in [0.15, 0.2) is 0 Å². The number of aromatic nitrogens is 4. The van der Waals surface area contributed by atoms with E-state index in [0.29, 0.717) is 5.82 Å². The lowest BCUT2D eigenvalue weighted by Gasteiger charge is -2.12. The van der Waals surface area contributed by atoms with E-state index >= 15 is 0 Å². The van der Waals surface area contributed by atoms with E-state index in [1.807, 2.05) is 18.5 Å². The number of fused-ring (bicyclic) bond motifs is 1. The highest BCUT2D eigenvalue weighted by Crippen LogP contribution is 2.21. The number of hydrogen-bond acceptors (Lipinski definition) is 3. The zero-order valence-electron chi connectivity index (χ0n) is 11.6. The largest absolute Gasteiger partial charge is 0.347 e. The molecule has 0 atom stereocenters. The summed E-state index contributed by atoms with van der Waals surface area (Å²) in [4.78, 5) is 18.0. The van der Waals surface area contributed by atoms with Gasteiger partial charge in [0.25, 0.3) is 0 Å². The summed E-state index contributed by atoms with van der Waals surface area (Å²) in [6, 6.07) is 0. The van der Waals surface area contributed by atoms with Crippen molar-refractivity contribution < 1.29 is 4.79 Å². The van der Waals surface area contributed by atoms with Crippen molar-refractivity contribution in [2.24, 2.45) is 7.05 Å². The molecule has 2 rings (SSSR count). The summed E-state index contributed by atoms with van der Waals surface area (Å²) in [6.45, 7) is 2.26. The van der Waals surface area contributed by atoms with Crippen LogP contribution in [0.2, 0.25) is 0 Å². The zero-order chi connectivity index (χ0) is 14.2. The minimum absolute atomic E-state index is 0.00455. The summed E-state index contributed by atoms with van der Waals surface area (Å²) in [5, 5.41) is 4.42. The van der Waals surface area contributed by atoms with Crippen molar-refractivity contribution in [2.45, 2.75) is 25.8 Å². The van der Waals surface area contributed by atoms with Gasteiger partial charge in [0.15, 0.2) is 5.65 Å². The van der Waals surface area contributed by atoms with E-state index in [9.17, 15) is 4.79 Å². The molecule has 0 aliphatic rings. The number of alkyl halides is 1. The van der Waals surface area contributed by atoms with E-state index in [0.717, 1.165) is 23.3 Å². The summed E-state index contributed by atoms with van der Waals surface area (Å²) >= 11 is 5.93. The predicted molar refractivity (Wildman–Crippen MR) is 74.1 cm³/mol. The van der Waals surface area contributed by atoms with Crippen molar-refractivity contribution in [3.8, 4) is 0 Å².